The van der Waals surface area contributed by atoms with Gasteiger partial charge in [-0.3, -0.25) is 4.79 Å². The van der Waals surface area contributed by atoms with Crippen LogP contribution in [0.5, 0.6) is 0 Å². The van der Waals surface area contributed by atoms with E-state index in [1.165, 1.54) is 17.7 Å². The average molecular weight is 174 g/mol. The minimum absolute atomic E-state index is 0.158. The Kier molecular flexibility index (Phi) is 3.49. The van der Waals surface area contributed by atoms with E-state index in [0.29, 0.717) is 19.1 Å². The lowest BCUT2D eigenvalue weighted by Gasteiger charge is -2.16. The van der Waals surface area contributed by atoms with Gasteiger partial charge >= 0.3 is 5.97 Å². The van der Waals surface area contributed by atoms with E-state index in [1.54, 1.807) is 0 Å². The van der Waals surface area contributed by atoms with Gasteiger partial charge in [-0.25, -0.2) is 0 Å². The molecule has 1 unspecified atom stereocenters. The maximum absolute atomic E-state index is 10.3. The van der Waals surface area contributed by atoms with E-state index in [2.05, 4.69) is 0 Å². The van der Waals surface area contributed by atoms with E-state index < -0.39 is 5.97 Å². The van der Waals surface area contributed by atoms with Crippen molar-refractivity contribution in [1.82, 2.24) is 0 Å². The van der Waals surface area contributed by atoms with Crippen molar-refractivity contribution in [2.75, 3.05) is 19.7 Å². The summed E-state index contributed by atoms with van der Waals surface area (Å²) in [6.07, 6.45) is 2.59. The first-order valence-electron chi connectivity index (χ1n) is 4.41. The second kappa shape index (κ2) is 4.42. The van der Waals surface area contributed by atoms with Gasteiger partial charge in [0.2, 0.25) is 0 Å². The number of carboxylic acids is 1. The Morgan fingerprint density at radius 1 is 1.42 bits per heavy atom. The fraction of sp³-hybridized carbons (Fsp3) is 0.875. The minimum Gasteiger partial charge on any atom is -0.481 e. The third-order valence-corrected chi connectivity index (χ3v) is 2.25. The summed E-state index contributed by atoms with van der Waals surface area (Å²) in [6.45, 7) is 1.50. The van der Waals surface area contributed by atoms with E-state index in [-0.39, 0.29) is 13.0 Å². The molecule has 4 heteroatoms. The molecule has 1 atom stereocenters. The smallest absolute Gasteiger partial charge is 0.309 e. The topological polar surface area (TPSA) is 62.0 Å². The summed E-state index contributed by atoms with van der Waals surface area (Å²) in [7, 11) is 0. The van der Waals surface area contributed by atoms with Crippen LogP contribution in [-0.2, 0) is 4.79 Å². The van der Waals surface area contributed by atoms with Gasteiger partial charge in [0.05, 0.1) is 25.6 Å². The molecule has 0 aromatic heterocycles. The highest BCUT2D eigenvalue weighted by Gasteiger charge is 2.32. The molecule has 1 saturated carbocycles. The lowest BCUT2D eigenvalue weighted by Crippen LogP contribution is -3.14. The molecule has 0 aromatic rings. The number of nitrogens with one attached hydrogen (secondary N) is 1. The zero-order valence-electron chi connectivity index (χ0n) is 7.12. The maximum Gasteiger partial charge on any atom is 0.309 e. The second-order valence-electron chi connectivity index (χ2n) is 3.30. The molecule has 1 fully saturated rings. The van der Waals surface area contributed by atoms with E-state index in [0.717, 1.165) is 0 Å². The van der Waals surface area contributed by atoms with Crippen LogP contribution in [-0.4, -0.2) is 41.9 Å². The van der Waals surface area contributed by atoms with E-state index in [1.807, 2.05) is 0 Å². The van der Waals surface area contributed by atoms with Gasteiger partial charge in [0.15, 0.2) is 0 Å². The van der Waals surface area contributed by atoms with Crippen molar-refractivity contribution in [3.63, 3.8) is 0 Å². The van der Waals surface area contributed by atoms with Crippen molar-refractivity contribution in [2.24, 2.45) is 0 Å². The molecule has 1 aliphatic rings. The molecule has 0 saturated heterocycles. The third-order valence-electron chi connectivity index (χ3n) is 2.25. The summed E-state index contributed by atoms with van der Waals surface area (Å²) in [4.78, 5) is 11.5. The highest BCUT2D eigenvalue weighted by Crippen LogP contribution is 2.14. The van der Waals surface area contributed by atoms with Crippen LogP contribution in [0.2, 0.25) is 0 Å². The molecule has 3 N–H and O–H groups in total. The Hall–Kier alpha value is -0.610. The number of hydrogen-bond acceptors (Lipinski definition) is 2. The predicted molar refractivity (Wildman–Crippen MR) is 43.1 cm³/mol. The van der Waals surface area contributed by atoms with E-state index in [4.69, 9.17) is 10.2 Å². The van der Waals surface area contributed by atoms with Crippen molar-refractivity contribution >= 4 is 5.97 Å². The fourth-order valence-electron chi connectivity index (χ4n) is 1.44. The molecule has 0 spiro atoms. The zero-order valence-corrected chi connectivity index (χ0v) is 7.12. The first-order chi connectivity index (χ1) is 5.74. The summed E-state index contributed by atoms with van der Waals surface area (Å²) in [5.41, 5.74) is 0. The van der Waals surface area contributed by atoms with Gasteiger partial charge in [0.1, 0.15) is 6.54 Å². The monoisotopic (exact) mass is 174 g/mol. The molecular formula is C8H16NO3+. The first kappa shape index (κ1) is 9.48. The van der Waals surface area contributed by atoms with Crippen LogP contribution in [0.15, 0.2) is 0 Å². The Morgan fingerprint density at radius 2 is 2.08 bits per heavy atom. The lowest BCUT2D eigenvalue weighted by atomic mass is 10.3. The number of aliphatic hydroxyl groups is 1. The normalized spacial score (nSPS) is 19.1. The summed E-state index contributed by atoms with van der Waals surface area (Å²) >= 11 is 0. The van der Waals surface area contributed by atoms with Crippen LogP contribution in [0.25, 0.3) is 0 Å². The average Bonchev–Trinajstić information content (AvgIpc) is 2.79. The van der Waals surface area contributed by atoms with E-state index >= 15 is 0 Å². The van der Waals surface area contributed by atoms with Crippen molar-refractivity contribution < 1.29 is 19.9 Å². The van der Waals surface area contributed by atoms with Gasteiger partial charge < -0.3 is 15.1 Å². The standard InChI is InChI=1S/C8H15NO3/c10-6-5-9(7-1-2-7)4-3-8(11)12/h7,10H,1-6H2,(H,11,12)/p+1. The molecule has 4 nitrogen and oxygen atoms in total. The molecule has 0 amide bonds. The predicted octanol–water partition coefficient (Wildman–Crippen LogP) is -1.50. The largest absolute Gasteiger partial charge is 0.481 e. The third kappa shape index (κ3) is 3.19. The van der Waals surface area contributed by atoms with Gasteiger partial charge in [-0.15, -0.1) is 0 Å². The molecule has 1 rings (SSSR count). The number of carboxylic acid groups (broad SMARTS) is 1. The molecule has 0 aliphatic heterocycles. The number of rotatable bonds is 6. The molecule has 0 bridgehead atoms. The lowest BCUT2D eigenvalue weighted by molar-refractivity contribution is -0.911. The SMILES string of the molecule is O=C(O)CC[NH+](CCO)C1CC1. The first-order valence-corrected chi connectivity index (χ1v) is 4.41. The van der Waals surface area contributed by atoms with Crippen LogP contribution in [0.4, 0.5) is 0 Å². The van der Waals surface area contributed by atoms with Gasteiger partial charge in [-0.2, -0.15) is 0 Å². The van der Waals surface area contributed by atoms with Crippen molar-refractivity contribution in [3.05, 3.63) is 0 Å². The van der Waals surface area contributed by atoms with Gasteiger partial charge in [0.25, 0.3) is 0 Å². The van der Waals surface area contributed by atoms with Crippen molar-refractivity contribution in [1.29, 1.82) is 0 Å². The second-order valence-corrected chi connectivity index (χ2v) is 3.30. The summed E-state index contributed by atoms with van der Waals surface area (Å²) in [6, 6.07) is 0.622. The molecular weight excluding hydrogens is 158 g/mol. The molecule has 1 aliphatic carbocycles. The van der Waals surface area contributed by atoms with Crippen LogP contribution >= 0.6 is 0 Å². The Bertz CT molecular complexity index is 156. The Labute approximate surface area is 71.8 Å². The zero-order chi connectivity index (χ0) is 8.97. The molecule has 0 heterocycles. The van der Waals surface area contributed by atoms with Crippen LogP contribution in [0.3, 0.4) is 0 Å². The number of aliphatic hydroxyl groups excluding tert-OH is 1. The number of carbonyl (C=O) groups is 1. The van der Waals surface area contributed by atoms with Gasteiger partial charge in [0, 0.05) is 12.8 Å². The number of hydrogen-bond donors (Lipinski definition) is 3. The Balaban J connectivity index is 2.18. The minimum atomic E-state index is -0.744. The highest BCUT2D eigenvalue weighted by atomic mass is 16.4. The van der Waals surface area contributed by atoms with Gasteiger partial charge in [-0.1, -0.05) is 0 Å². The maximum atomic E-state index is 10.3. The highest BCUT2D eigenvalue weighted by molar-refractivity contribution is 5.66. The van der Waals surface area contributed by atoms with Crippen LogP contribution in [0, 0.1) is 0 Å². The number of quaternary nitrogens is 1. The summed E-state index contributed by atoms with van der Waals surface area (Å²) < 4.78 is 0. The van der Waals surface area contributed by atoms with Gasteiger partial charge in [-0.05, 0) is 0 Å². The molecule has 12 heavy (non-hydrogen) atoms. The van der Waals surface area contributed by atoms with Crippen molar-refractivity contribution in [3.8, 4) is 0 Å². The summed E-state index contributed by atoms with van der Waals surface area (Å²) in [5, 5.41) is 17.2. The fourth-order valence-corrected chi connectivity index (χ4v) is 1.44. The quantitative estimate of drug-likeness (QED) is 0.459. The molecule has 70 valence electrons. The summed E-state index contributed by atoms with van der Waals surface area (Å²) in [5.74, 6) is -0.744. The van der Waals surface area contributed by atoms with Crippen LogP contribution < -0.4 is 4.90 Å². The van der Waals surface area contributed by atoms with Crippen molar-refractivity contribution in [2.45, 2.75) is 25.3 Å². The number of aliphatic carboxylic acids is 1. The molecule has 0 radical (unpaired) electrons. The van der Waals surface area contributed by atoms with E-state index in [9.17, 15) is 4.79 Å². The Morgan fingerprint density at radius 3 is 2.50 bits per heavy atom. The van der Waals surface area contributed by atoms with Crippen LogP contribution in [0.1, 0.15) is 19.3 Å². The molecule has 0 aromatic carbocycles.